The number of hydrogen-bond donors (Lipinski definition) is 3. The Bertz CT molecular complexity index is 998. The number of ketones is 1. The van der Waals surface area contributed by atoms with Crippen molar-refractivity contribution in [2.75, 3.05) is 47.3 Å². The van der Waals surface area contributed by atoms with Gasteiger partial charge in [-0.25, -0.2) is 0 Å². The molecule has 2 amide bonds. The van der Waals surface area contributed by atoms with Crippen molar-refractivity contribution >= 4 is 23.9 Å². The maximum Gasteiger partial charge on any atom is 0.220 e. The first-order valence-electron chi connectivity index (χ1n) is 23.7. The van der Waals surface area contributed by atoms with Gasteiger partial charge in [0.15, 0.2) is 0 Å². The van der Waals surface area contributed by atoms with Crippen LogP contribution in [-0.2, 0) is 66.1 Å². The van der Waals surface area contributed by atoms with Crippen molar-refractivity contribution in [2.45, 2.75) is 195 Å². The Morgan fingerprint density at radius 2 is 1.08 bits per heavy atom. The van der Waals surface area contributed by atoms with Gasteiger partial charge in [-0.1, -0.05) is 67.7 Å². The third-order valence-electron chi connectivity index (χ3n) is 11.5. The number of aldehydes is 1. The van der Waals surface area contributed by atoms with Crippen molar-refractivity contribution in [1.29, 1.82) is 0 Å². The quantitative estimate of drug-likeness (QED) is 0.0913. The van der Waals surface area contributed by atoms with Gasteiger partial charge in [0, 0.05) is 123 Å². The Labute approximate surface area is 387 Å². The molecule has 0 atom stereocenters. The van der Waals surface area contributed by atoms with Gasteiger partial charge in [-0.3, -0.25) is 14.4 Å². The van der Waals surface area contributed by atoms with Crippen molar-refractivity contribution in [3.63, 3.8) is 0 Å². The van der Waals surface area contributed by atoms with Crippen LogP contribution in [0.25, 0.3) is 0 Å². The van der Waals surface area contributed by atoms with E-state index in [2.05, 4.69) is 31.4 Å². The smallest absolute Gasteiger partial charge is 0.220 e. The number of nitrogens with one attached hydrogen (secondary N) is 2. The fraction of sp³-hybridized carbons (Fsp3) is 0.917. The predicted molar refractivity (Wildman–Crippen MR) is 238 cm³/mol. The van der Waals surface area contributed by atoms with Gasteiger partial charge >= 0.3 is 0 Å². The fourth-order valence-electron chi connectivity index (χ4n) is 8.13. The Kier molecular flexibility index (Phi) is 40.9. The molecule has 4 aliphatic carbocycles. The number of aliphatic hydroxyl groups excluding tert-OH is 1. The fourth-order valence-corrected chi connectivity index (χ4v) is 8.13. The average molecular weight is 914 g/mol. The zero-order chi connectivity index (χ0) is 43.6. The number of carbonyl (C=O) groups is 4. The maximum absolute atomic E-state index is 12.2. The summed E-state index contributed by atoms with van der Waals surface area (Å²) in [5, 5.41) is 14.9. The topological polar surface area (TPSA) is 140 Å². The molecule has 4 saturated carbocycles. The summed E-state index contributed by atoms with van der Waals surface area (Å²) in [5.74, 6) is 4.02. The minimum absolute atomic E-state index is 0. The number of Topliss-reactive ketones (excluding diaryl/α,β-unsaturated/α-hetero) is 1. The molecule has 0 aromatic heterocycles. The molecule has 0 aliphatic heterocycles. The summed E-state index contributed by atoms with van der Waals surface area (Å²) in [4.78, 5) is 46.3. The van der Waals surface area contributed by atoms with E-state index in [1.807, 2.05) is 27.7 Å². The number of aliphatic hydroxyl groups is 1. The van der Waals surface area contributed by atoms with Crippen molar-refractivity contribution < 1.29 is 71.2 Å². The van der Waals surface area contributed by atoms with Crippen molar-refractivity contribution in [2.24, 2.45) is 41.4 Å². The maximum atomic E-state index is 12.2. The van der Waals surface area contributed by atoms with E-state index in [-0.39, 0.29) is 74.4 Å². The van der Waals surface area contributed by atoms with Crippen LogP contribution in [0.1, 0.15) is 183 Å². The van der Waals surface area contributed by atoms with E-state index >= 15 is 0 Å². The number of hydrogen-bond acceptors (Lipinski definition) is 8. The van der Waals surface area contributed by atoms with E-state index in [1.54, 1.807) is 14.2 Å². The Balaban J connectivity index is 0. The summed E-state index contributed by atoms with van der Waals surface area (Å²) >= 11 is 0. The molecule has 0 unspecified atom stereocenters. The van der Waals surface area contributed by atoms with Crippen LogP contribution in [-0.4, -0.2) is 88.3 Å². The van der Waals surface area contributed by atoms with E-state index in [1.165, 1.54) is 57.8 Å². The predicted octanol–water partition coefficient (Wildman–Crippen LogP) is 9.67. The number of amides is 2. The van der Waals surface area contributed by atoms with E-state index in [4.69, 9.17) is 19.3 Å². The molecule has 0 aromatic rings. The molecular formula is C48H92N2O8Y. The van der Waals surface area contributed by atoms with Crippen LogP contribution in [0.4, 0.5) is 0 Å². The zero-order valence-corrected chi connectivity index (χ0v) is 42.4. The Morgan fingerprint density at radius 3 is 1.49 bits per heavy atom. The van der Waals surface area contributed by atoms with E-state index in [0.29, 0.717) is 50.3 Å². The van der Waals surface area contributed by atoms with Crippen LogP contribution in [0.5, 0.6) is 0 Å². The first-order chi connectivity index (χ1) is 27.9. The molecule has 345 valence electrons. The van der Waals surface area contributed by atoms with Gasteiger partial charge in [0.05, 0.1) is 0 Å². The van der Waals surface area contributed by atoms with Gasteiger partial charge in [0.2, 0.25) is 11.8 Å². The van der Waals surface area contributed by atoms with Crippen LogP contribution in [0.3, 0.4) is 0 Å². The summed E-state index contributed by atoms with van der Waals surface area (Å²) < 4.78 is 16.0. The second-order valence-corrected chi connectivity index (χ2v) is 18.0. The molecule has 1 radical (unpaired) electrons. The number of rotatable bonds is 18. The molecule has 4 fully saturated rings. The summed E-state index contributed by atoms with van der Waals surface area (Å²) in [6, 6.07) is 0.512. The molecule has 0 heterocycles. The van der Waals surface area contributed by atoms with Crippen LogP contribution < -0.4 is 10.6 Å². The minimum atomic E-state index is 0. The molecule has 4 aliphatic rings. The van der Waals surface area contributed by atoms with Crippen LogP contribution >= 0.6 is 0 Å². The number of ether oxygens (including phenoxy) is 3. The molecular weight excluding hydrogens is 821 g/mol. The molecule has 11 heteroatoms. The molecule has 3 N–H and O–H groups in total. The standard InChI is InChI=1S/C23H41NO4.C12H21NO3.C7H14O.C4H10.C2H6.Y/c1-17(2)23(26)20-10-12-21(13-11-20)24-22(25)5-4-14-28-16-19-8-6-18(7-9-19)15-27-3;1-16-8-2-3-12(15)13-11-6-4-10(9-14)5-7-11;8-6-7-4-2-1-3-5-7;1-4(2)3;1-2;/h17-21H,4-16H2,1-3H3,(H,24,25);9-11H,2-8H2,1H3,(H,13,15);7-8H,1-6H2;4H,1-3H3;1-2H3;. The summed E-state index contributed by atoms with van der Waals surface area (Å²) in [6.45, 7) is 17.9. The largest absolute Gasteiger partial charge is 0.396 e. The van der Waals surface area contributed by atoms with Gasteiger partial charge in [0.1, 0.15) is 12.1 Å². The SMILES string of the molecule is CC.CC(C)C.COCC1CCC(COCCCC(=O)NC2CCC(C(=O)C(C)C)CC2)CC1.COCCCC(=O)NC1CCC(C=O)CC1.OCC1CCCCC1.[Y]. The number of methoxy groups -OCH3 is 2. The number of carbonyl (C=O) groups excluding carboxylic acids is 4. The zero-order valence-electron chi connectivity index (χ0n) is 39.5. The van der Waals surface area contributed by atoms with Crippen molar-refractivity contribution in [3.05, 3.63) is 0 Å². The van der Waals surface area contributed by atoms with E-state index in [9.17, 15) is 19.2 Å². The second-order valence-electron chi connectivity index (χ2n) is 18.0. The summed E-state index contributed by atoms with van der Waals surface area (Å²) in [6.07, 6.45) is 22.6. The Hall–Kier alpha value is -0.776. The van der Waals surface area contributed by atoms with E-state index in [0.717, 1.165) is 95.5 Å². The molecule has 0 bridgehead atoms. The molecule has 59 heavy (non-hydrogen) atoms. The van der Waals surface area contributed by atoms with Crippen LogP contribution in [0.15, 0.2) is 0 Å². The van der Waals surface area contributed by atoms with Gasteiger partial charge < -0.3 is 34.7 Å². The average Bonchev–Trinajstić information content (AvgIpc) is 3.23. The molecule has 10 nitrogen and oxygen atoms in total. The normalized spacial score (nSPS) is 24.1. The van der Waals surface area contributed by atoms with Crippen LogP contribution in [0, 0.1) is 41.4 Å². The molecule has 0 aromatic carbocycles. The van der Waals surface area contributed by atoms with Crippen LogP contribution in [0.2, 0.25) is 0 Å². The minimum Gasteiger partial charge on any atom is -0.396 e. The van der Waals surface area contributed by atoms with Gasteiger partial charge in [0.25, 0.3) is 0 Å². The summed E-state index contributed by atoms with van der Waals surface area (Å²) in [5.41, 5.74) is 0. The van der Waals surface area contributed by atoms with Gasteiger partial charge in [-0.05, 0) is 126 Å². The monoisotopic (exact) mass is 914 g/mol. The van der Waals surface area contributed by atoms with Crippen molar-refractivity contribution in [3.8, 4) is 0 Å². The first-order valence-corrected chi connectivity index (χ1v) is 23.7. The molecule has 4 rings (SSSR count). The third-order valence-corrected chi connectivity index (χ3v) is 11.5. The van der Waals surface area contributed by atoms with Gasteiger partial charge in [-0.2, -0.15) is 0 Å². The Morgan fingerprint density at radius 1 is 0.627 bits per heavy atom. The molecule has 0 saturated heterocycles. The van der Waals surface area contributed by atoms with Gasteiger partial charge in [-0.15, -0.1) is 0 Å². The summed E-state index contributed by atoms with van der Waals surface area (Å²) in [7, 11) is 3.42. The van der Waals surface area contributed by atoms with E-state index < -0.39 is 0 Å². The first kappa shape index (κ1) is 60.3. The van der Waals surface area contributed by atoms with Crippen molar-refractivity contribution in [1.82, 2.24) is 10.6 Å². The second kappa shape index (κ2) is 40.0. The third kappa shape index (κ3) is 32.5. The molecule has 0 spiro atoms.